The van der Waals surface area contributed by atoms with Crippen LogP contribution in [-0.4, -0.2) is 64.1 Å². The molecular formula is C28H39N5O2S. The maximum atomic E-state index is 12.4. The second-order valence-corrected chi connectivity index (χ2v) is 9.86. The lowest BCUT2D eigenvalue weighted by Crippen LogP contribution is -2.33. The van der Waals surface area contributed by atoms with Gasteiger partial charge in [0.2, 0.25) is 5.91 Å². The number of nitrogens with one attached hydrogen (secondary N) is 1. The van der Waals surface area contributed by atoms with Crippen LogP contribution in [0.2, 0.25) is 0 Å². The number of benzene rings is 2. The fourth-order valence-electron chi connectivity index (χ4n) is 4.10. The van der Waals surface area contributed by atoms with Crippen molar-refractivity contribution in [3.05, 3.63) is 54.6 Å². The smallest absolute Gasteiger partial charge is 0.220 e. The van der Waals surface area contributed by atoms with Crippen LogP contribution in [0.3, 0.4) is 0 Å². The van der Waals surface area contributed by atoms with Gasteiger partial charge in [0.05, 0.1) is 7.11 Å². The Morgan fingerprint density at radius 1 is 1.08 bits per heavy atom. The zero-order chi connectivity index (χ0) is 25.8. The molecule has 1 atom stereocenters. The Kier molecular flexibility index (Phi) is 11.3. The highest BCUT2D eigenvalue weighted by Crippen LogP contribution is 2.30. The van der Waals surface area contributed by atoms with E-state index in [1.165, 1.54) is 0 Å². The minimum atomic E-state index is 0.118. The third-order valence-electron chi connectivity index (χ3n) is 6.17. The molecule has 1 N–H and O–H groups in total. The number of rotatable bonds is 15. The molecule has 0 aliphatic heterocycles. The van der Waals surface area contributed by atoms with Gasteiger partial charge in [-0.2, -0.15) is 0 Å². The van der Waals surface area contributed by atoms with Crippen LogP contribution in [0, 0.1) is 0 Å². The fraction of sp³-hybridized carbons (Fsp3) is 0.464. The summed E-state index contributed by atoms with van der Waals surface area (Å²) < 4.78 is 7.46. The Labute approximate surface area is 219 Å². The molecule has 0 aliphatic rings. The van der Waals surface area contributed by atoms with Gasteiger partial charge in [0, 0.05) is 29.5 Å². The predicted molar refractivity (Wildman–Crippen MR) is 148 cm³/mol. The first-order chi connectivity index (χ1) is 17.5. The first-order valence-corrected chi connectivity index (χ1v) is 13.8. The van der Waals surface area contributed by atoms with Crippen LogP contribution in [0.1, 0.15) is 46.5 Å². The van der Waals surface area contributed by atoms with Crippen molar-refractivity contribution < 1.29 is 9.53 Å². The van der Waals surface area contributed by atoms with E-state index in [-0.39, 0.29) is 11.9 Å². The van der Waals surface area contributed by atoms with Gasteiger partial charge < -0.3 is 15.0 Å². The maximum Gasteiger partial charge on any atom is 0.220 e. The lowest BCUT2D eigenvalue weighted by molar-refractivity contribution is -0.121. The number of aromatic nitrogens is 3. The van der Waals surface area contributed by atoms with E-state index in [9.17, 15) is 4.79 Å². The number of carbonyl (C=O) groups excluding carboxylic acids is 1. The van der Waals surface area contributed by atoms with Crippen molar-refractivity contribution >= 4 is 17.7 Å². The van der Waals surface area contributed by atoms with Gasteiger partial charge >= 0.3 is 0 Å². The van der Waals surface area contributed by atoms with Crippen LogP contribution in [0.4, 0.5) is 0 Å². The van der Waals surface area contributed by atoms with E-state index in [0.29, 0.717) is 6.42 Å². The molecule has 1 heterocycles. The zero-order valence-corrected chi connectivity index (χ0v) is 22.8. The average molecular weight is 510 g/mol. The van der Waals surface area contributed by atoms with Gasteiger partial charge in [0.25, 0.3) is 0 Å². The molecule has 3 rings (SSSR count). The molecule has 36 heavy (non-hydrogen) atoms. The molecule has 0 fully saturated rings. The van der Waals surface area contributed by atoms with Crippen LogP contribution in [0.5, 0.6) is 5.75 Å². The van der Waals surface area contributed by atoms with Gasteiger partial charge in [0.15, 0.2) is 11.0 Å². The number of nitrogens with zero attached hydrogens (tertiary/aromatic N) is 4. The molecule has 2 aromatic carbocycles. The quantitative estimate of drug-likeness (QED) is 0.217. The second kappa shape index (κ2) is 14.7. The number of para-hydroxylation sites is 1. The molecule has 3 aromatic rings. The van der Waals surface area contributed by atoms with Crippen LogP contribution in [-0.2, 0) is 4.79 Å². The molecular weight excluding hydrogens is 470 g/mol. The Hall–Kier alpha value is -2.84. The van der Waals surface area contributed by atoms with E-state index in [1.54, 1.807) is 18.9 Å². The normalized spacial score (nSPS) is 12.0. The first-order valence-electron chi connectivity index (χ1n) is 12.9. The van der Waals surface area contributed by atoms with Crippen molar-refractivity contribution in [1.29, 1.82) is 0 Å². The lowest BCUT2D eigenvalue weighted by Gasteiger charge is -2.19. The summed E-state index contributed by atoms with van der Waals surface area (Å²) in [5.74, 6) is 2.44. The number of carbonyl (C=O) groups is 1. The molecule has 0 radical (unpaired) electrons. The summed E-state index contributed by atoms with van der Waals surface area (Å²) in [6.45, 7) is 9.71. The Morgan fingerprint density at radius 2 is 1.86 bits per heavy atom. The SMILES string of the molecule is CCN(CC)CCCC(C)NC(=O)CCCSc1nnc(-c2cccc(OC)c2)n1-c1ccccc1. The Morgan fingerprint density at radius 3 is 2.58 bits per heavy atom. The van der Waals surface area contributed by atoms with E-state index in [1.807, 2.05) is 54.6 Å². The van der Waals surface area contributed by atoms with E-state index in [0.717, 1.165) is 72.6 Å². The van der Waals surface area contributed by atoms with Crippen molar-refractivity contribution in [3.8, 4) is 22.8 Å². The van der Waals surface area contributed by atoms with E-state index >= 15 is 0 Å². The van der Waals surface area contributed by atoms with Gasteiger partial charge in [-0.3, -0.25) is 9.36 Å². The van der Waals surface area contributed by atoms with Gasteiger partial charge in [-0.1, -0.05) is 55.9 Å². The number of hydrogen-bond donors (Lipinski definition) is 1. The fourth-order valence-corrected chi connectivity index (χ4v) is 4.99. The van der Waals surface area contributed by atoms with Crippen LogP contribution in [0.15, 0.2) is 59.8 Å². The summed E-state index contributed by atoms with van der Waals surface area (Å²) in [5, 5.41) is 12.9. The summed E-state index contributed by atoms with van der Waals surface area (Å²) in [6.07, 6.45) is 3.39. The summed E-state index contributed by atoms with van der Waals surface area (Å²) in [5.41, 5.74) is 1.94. The molecule has 0 aliphatic carbocycles. The second-order valence-electron chi connectivity index (χ2n) is 8.80. The molecule has 0 bridgehead atoms. The first kappa shape index (κ1) is 27.7. The number of amides is 1. The van der Waals surface area contributed by atoms with Gasteiger partial charge in [-0.05, 0) is 70.1 Å². The average Bonchev–Trinajstić information content (AvgIpc) is 3.33. The van der Waals surface area contributed by atoms with Crippen LogP contribution >= 0.6 is 11.8 Å². The number of thioether (sulfide) groups is 1. The molecule has 7 nitrogen and oxygen atoms in total. The molecule has 0 saturated carbocycles. The minimum Gasteiger partial charge on any atom is -0.497 e. The summed E-state index contributed by atoms with van der Waals surface area (Å²) >= 11 is 1.62. The molecule has 194 valence electrons. The Balaban J connectivity index is 1.55. The highest BCUT2D eigenvalue weighted by molar-refractivity contribution is 7.99. The molecule has 8 heteroatoms. The van der Waals surface area contributed by atoms with E-state index < -0.39 is 0 Å². The van der Waals surface area contributed by atoms with Crippen molar-refractivity contribution in [3.63, 3.8) is 0 Å². The molecule has 1 unspecified atom stereocenters. The number of ether oxygens (including phenoxy) is 1. The Bertz CT molecular complexity index is 1070. The standard InChI is InChI=1S/C28H39N5O2S/c1-5-32(6-2)19-11-13-22(3)29-26(34)18-12-20-36-28-31-30-27(23-14-10-17-25(21-23)35-4)33(28)24-15-8-7-9-16-24/h7-10,14-17,21-22H,5-6,11-13,18-20H2,1-4H3,(H,29,34). The minimum absolute atomic E-state index is 0.118. The summed E-state index contributed by atoms with van der Waals surface area (Å²) in [6, 6.07) is 18.1. The van der Waals surface area contributed by atoms with Gasteiger partial charge in [-0.25, -0.2) is 0 Å². The van der Waals surface area contributed by atoms with Gasteiger partial charge in [-0.15, -0.1) is 10.2 Å². The van der Waals surface area contributed by atoms with Crippen LogP contribution < -0.4 is 10.1 Å². The van der Waals surface area contributed by atoms with Crippen molar-refractivity contribution in [2.24, 2.45) is 0 Å². The van der Waals surface area contributed by atoms with E-state index in [4.69, 9.17) is 4.74 Å². The monoisotopic (exact) mass is 509 g/mol. The molecule has 0 saturated heterocycles. The van der Waals surface area contributed by atoms with Crippen LogP contribution in [0.25, 0.3) is 17.1 Å². The molecule has 0 spiro atoms. The van der Waals surface area contributed by atoms with E-state index in [2.05, 4.69) is 45.8 Å². The zero-order valence-electron chi connectivity index (χ0n) is 21.9. The number of hydrogen-bond acceptors (Lipinski definition) is 6. The highest BCUT2D eigenvalue weighted by Gasteiger charge is 2.17. The van der Waals surface area contributed by atoms with Gasteiger partial charge in [0.1, 0.15) is 5.75 Å². The van der Waals surface area contributed by atoms with Crippen molar-refractivity contribution in [1.82, 2.24) is 25.0 Å². The lowest BCUT2D eigenvalue weighted by atomic mass is 10.1. The summed E-state index contributed by atoms with van der Waals surface area (Å²) in [4.78, 5) is 14.9. The van der Waals surface area contributed by atoms with Crippen molar-refractivity contribution in [2.45, 2.75) is 57.7 Å². The number of methoxy groups -OCH3 is 1. The third-order valence-corrected chi connectivity index (χ3v) is 7.18. The molecule has 1 aromatic heterocycles. The largest absolute Gasteiger partial charge is 0.497 e. The highest BCUT2D eigenvalue weighted by atomic mass is 32.2. The predicted octanol–water partition coefficient (Wildman–Crippen LogP) is 5.44. The maximum absolute atomic E-state index is 12.4. The van der Waals surface area contributed by atoms with Crippen molar-refractivity contribution in [2.75, 3.05) is 32.5 Å². The third kappa shape index (κ3) is 8.10. The summed E-state index contributed by atoms with van der Waals surface area (Å²) in [7, 11) is 1.66. The topological polar surface area (TPSA) is 72.3 Å². The molecule has 1 amide bonds.